The van der Waals surface area contributed by atoms with E-state index in [9.17, 15) is 24.3 Å². The molecule has 0 bridgehead atoms. The fourth-order valence-corrected chi connectivity index (χ4v) is 8.21. The van der Waals surface area contributed by atoms with Gasteiger partial charge in [-0.3, -0.25) is 29.0 Å². The molecule has 2 aromatic rings. The molecule has 2 aromatic carbocycles. The van der Waals surface area contributed by atoms with E-state index < -0.39 is 17.8 Å². The van der Waals surface area contributed by atoms with E-state index in [1.807, 2.05) is 24.3 Å². The summed E-state index contributed by atoms with van der Waals surface area (Å²) in [5.41, 5.74) is 3.98. The summed E-state index contributed by atoms with van der Waals surface area (Å²) in [6.07, 6.45) is 5.52. The van der Waals surface area contributed by atoms with Crippen molar-refractivity contribution >= 4 is 23.4 Å². The lowest BCUT2D eigenvalue weighted by molar-refractivity contribution is -0.144. The third-order valence-corrected chi connectivity index (χ3v) is 10.3. The number of carbonyl (C=O) groups is 4. The molecule has 1 N–H and O–H groups in total. The molecule has 8 heteroatoms. The van der Waals surface area contributed by atoms with Crippen LogP contribution in [0.3, 0.4) is 0 Å². The maximum atomic E-state index is 14.3. The summed E-state index contributed by atoms with van der Waals surface area (Å²) in [6, 6.07) is 15.2. The zero-order valence-electron chi connectivity index (χ0n) is 25.0. The van der Waals surface area contributed by atoms with Gasteiger partial charge in [0, 0.05) is 48.3 Å². The van der Waals surface area contributed by atoms with Crippen LogP contribution in [0.5, 0.6) is 11.5 Å². The second-order valence-electron chi connectivity index (χ2n) is 12.7. The number of phenols is 1. The van der Waals surface area contributed by atoms with E-state index in [0.29, 0.717) is 34.5 Å². The van der Waals surface area contributed by atoms with Crippen molar-refractivity contribution in [2.24, 2.45) is 17.8 Å². The van der Waals surface area contributed by atoms with Gasteiger partial charge in [-0.25, -0.2) is 0 Å². The number of hydrogen-bond acceptors (Lipinski definition) is 7. The zero-order valence-corrected chi connectivity index (χ0v) is 25.0. The van der Waals surface area contributed by atoms with Crippen molar-refractivity contribution < 1.29 is 29.0 Å². The third-order valence-electron chi connectivity index (χ3n) is 10.3. The van der Waals surface area contributed by atoms with Crippen molar-refractivity contribution in [2.45, 2.75) is 51.1 Å². The van der Waals surface area contributed by atoms with Crippen LogP contribution in [0.25, 0.3) is 0 Å². The number of amides is 2. The summed E-state index contributed by atoms with van der Waals surface area (Å²) < 4.78 is 5.24. The molecule has 2 aliphatic heterocycles. The van der Waals surface area contributed by atoms with Gasteiger partial charge in [-0.15, -0.1) is 0 Å². The number of fused-ring (bicyclic) bond motifs is 3. The molecule has 44 heavy (non-hydrogen) atoms. The van der Waals surface area contributed by atoms with Crippen molar-refractivity contribution in [1.29, 1.82) is 0 Å². The van der Waals surface area contributed by atoms with Crippen LogP contribution >= 0.6 is 0 Å². The number of aromatic hydroxyl groups is 1. The number of imide groups is 1. The largest absolute Gasteiger partial charge is 0.504 e. The van der Waals surface area contributed by atoms with Gasteiger partial charge in [0.15, 0.2) is 23.1 Å². The number of phenolic OH excluding ortho intramolecular Hbond substituents is 1. The van der Waals surface area contributed by atoms with Gasteiger partial charge in [0.2, 0.25) is 11.8 Å². The molecule has 0 radical (unpaired) electrons. The van der Waals surface area contributed by atoms with Crippen LogP contribution in [-0.4, -0.2) is 64.5 Å². The van der Waals surface area contributed by atoms with E-state index in [1.54, 1.807) is 30.0 Å². The number of ether oxygens (including phenoxy) is 1. The van der Waals surface area contributed by atoms with Crippen molar-refractivity contribution in [2.75, 3.05) is 20.2 Å². The summed E-state index contributed by atoms with van der Waals surface area (Å²) in [5, 5.41) is 10.6. The highest BCUT2D eigenvalue weighted by Crippen LogP contribution is 2.55. The Morgan fingerprint density at radius 1 is 0.955 bits per heavy atom. The fourth-order valence-electron chi connectivity index (χ4n) is 8.21. The quantitative estimate of drug-likeness (QED) is 0.310. The van der Waals surface area contributed by atoms with Gasteiger partial charge in [0.1, 0.15) is 0 Å². The average Bonchev–Trinajstić information content (AvgIpc) is 3.29. The van der Waals surface area contributed by atoms with Crippen LogP contribution in [0.4, 0.5) is 0 Å². The molecular formula is C36H36N2O6. The number of piperidine rings is 1. The molecule has 4 atom stereocenters. The van der Waals surface area contributed by atoms with E-state index in [2.05, 4.69) is 17.0 Å². The Bertz CT molecular complexity index is 1660. The minimum atomic E-state index is -0.597. The Balaban J connectivity index is 1.19. The summed E-state index contributed by atoms with van der Waals surface area (Å²) in [7, 11) is 1.47. The number of methoxy groups -OCH3 is 1. The number of carbonyl (C=O) groups excluding carboxylic acids is 4. The Morgan fingerprint density at radius 2 is 1.70 bits per heavy atom. The molecule has 0 spiro atoms. The highest BCUT2D eigenvalue weighted by Gasteiger charge is 2.57. The van der Waals surface area contributed by atoms with Gasteiger partial charge in [-0.2, -0.15) is 0 Å². The molecule has 3 aliphatic carbocycles. The number of Topliss-reactive ketones (excluding diaryl/α,β-unsaturated/α-hetero) is 1. The number of ketones is 2. The molecular weight excluding hydrogens is 556 g/mol. The Morgan fingerprint density at radius 3 is 2.41 bits per heavy atom. The summed E-state index contributed by atoms with van der Waals surface area (Å²) in [6.45, 7) is 4.10. The summed E-state index contributed by atoms with van der Waals surface area (Å²) >= 11 is 0. The van der Waals surface area contributed by atoms with E-state index in [1.165, 1.54) is 18.7 Å². The van der Waals surface area contributed by atoms with Crippen molar-refractivity contribution in [3.63, 3.8) is 0 Å². The second-order valence-corrected chi connectivity index (χ2v) is 12.7. The topological polar surface area (TPSA) is 104 Å². The monoisotopic (exact) mass is 592 g/mol. The molecule has 0 aromatic heterocycles. The molecule has 2 saturated heterocycles. The minimum Gasteiger partial charge on any atom is -0.504 e. The molecule has 2 amide bonds. The summed E-state index contributed by atoms with van der Waals surface area (Å²) in [5.74, 6) is -2.49. The second kappa shape index (κ2) is 11.0. The van der Waals surface area contributed by atoms with E-state index in [0.717, 1.165) is 38.0 Å². The zero-order chi connectivity index (χ0) is 30.7. The molecule has 7 rings (SSSR count). The normalized spacial score (nSPS) is 27.5. The highest BCUT2D eigenvalue weighted by atomic mass is 16.5. The maximum Gasteiger partial charge on any atom is 0.233 e. The smallest absolute Gasteiger partial charge is 0.233 e. The van der Waals surface area contributed by atoms with Gasteiger partial charge in [0.05, 0.1) is 18.9 Å². The number of rotatable bonds is 5. The number of likely N-dealkylation sites (tertiary alicyclic amines) is 2. The van der Waals surface area contributed by atoms with Gasteiger partial charge in [-0.1, -0.05) is 48.0 Å². The first-order valence-corrected chi connectivity index (χ1v) is 15.5. The maximum absolute atomic E-state index is 14.3. The van der Waals surface area contributed by atoms with Crippen molar-refractivity contribution in [3.8, 4) is 11.5 Å². The third kappa shape index (κ3) is 4.54. The van der Waals surface area contributed by atoms with Crippen molar-refractivity contribution in [1.82, 2.24) is 9.80 Å². The summed E-state index contributed by atoms with van der Waals surface area (Å²) in [4.78, 5) is 59.0. The molecule has 8 nitrogen and oxygen atoms in total. The molecule has 2 fully saturated rings. The fraction of sp³-hybridized carbons (Fsp3) is 0.389. The van der Waals surface area contributed by atoms with Gasteiger partial charge in [-0.05, 0) is 67.9 Å². The van der Waals surface area contributed by atoms with Gasteiger partial charge >= 0.3 is 0 Å². The molecule has 226 valence electrons. The molecule has 0 saturated carbocycles. The number of nitrogens with zero attached hydrogens (tertiary/aromatic N) is 2. The Labute approximate surface area is 256 Å². The highest BCUT2D eigenvalue weighted by molar-refractivity contribution is 6.23. The average molecular weight is 593 g/mol. The van der Waals surface area contributed by atoms with Crippen LogP contribution < -0.4 is 4.74 Å². The predicted octanol–water partition coefficient (Wildman–Crippen LogP) is 4.49. The van der Waals surface area contributed by atoms with Crippen LogP contribution in [0, 0.1) is 17.8 Å². The predicted molar refractivity (Wildman–Crippen MR) is 163 cm³/mol. The first-order chi connectivity index (χ1) is 21.3. The van der Waals surface area contributed by atoms with E-state index >= 15 is 0 Å². The lowest BCUT2D eigenvalue weighted by Gasteiger charge is -2.42. The Hall–Kier alpha value is -4.30. The van der Waals surface area contributed by atoms with Gasteiger partial charge in [0.25, 0.3) is 0 Å². The lowest BCUT2D eigenvalue weighted by Crippen LogP contribution is -2.47. The minimum absolute atomic E-state index is 0.0678. The standard InChI is InChI=1S/C36H36N2O6/c1-20-16-29(40)33-27(34(20)41)18-26-24(31(33)22-8-11-30(44-2)28(39)17-22)9-10-25-32(26)36(43)38(35(25)42)23-12-14-37(15-13-23)19-21-6-4-3-5-7-21/h3-9,11,16-17,23,25-26,31-32,39H,10,12-15,18-19H2,1-2H3. The number of hydrogen-bond donors (Lipinski definition) is 1. The molecule has 5 aliphatic rings. The van der Waals surface area contributed by atoms with Crippen LogP contribution in [-0.2, 0) is 25.7 Å². The molecule has 4 unspecified atom stereocenters. The number of allylic oxidation sites excluding steroid dienone is 6. The lowest BCUT2D eigenvalue weighted by atomic mass is 9.59. The SMILES string of the molecule is COc1ccc(C2C3=CCC4C(=O)N(C5CCN(Cc6ccccc6)CC5)C(=O)C4C3CC3=C2C(=O)C=C(C)C3=O)cc1O. The van der Waals surface area contributed by atoms with E-state index in [-0.39, 0.29) is 47.5 Å². The van der Waals surface area contributed by atoms with Crippen LogP contribution in [0.2, 0.25) is 0 Å². The first kappa shape index (κ1) is 28.5. The van der Waals surface area contributed by atoms with E-state index in [4.69, 9.17) is 4.74 Å². The number of benzene rings is 2. The first-order valence-electron chi connectivity index (χ1n) is 15.5. The molecule has 2 heterocycles. The van der Waals surface area contributed by atoms with Crippen molar-refractivity contribution in [3.05, 3.63) is 94.1 Å². The van der Waals surface area contributed by atoms with Gasteiger partial charge < -0.3 is 9.84 Å². The van der Waals surface area contributed by atoms with Crippen LogP contribution in [0.1, 0.15) is 49.7 Å². The van der Waals surface area contributed by atoms with Crippen LogP contribution in [0.15, 0.2) is 83.0 Å². The Kier molecular flexibility index (Phi) is 7.12.